The van der Waals surface area contributed by atoms with Gasteiger partial charge in [0.1, 0.15) is 11.5 Å². The lowest BCUT2D eigenvalue weighted by atomic mass is 10.0. The molecule has 0 saturated carbocycles. The molecule has 3 heteroatoms. The van der Waals surface area contributed by atoms with E-state index in [1.807, 2.05) is 6.07 Å². The first-order valence-corrected chi connectivity index (χ1v) is 9.30. The van der Waals surface area contributed by atoms with Gasteiger partial charge in [0.2, 0.25) is 0 Å². The normalized spacial score (nSPS) is 17.6. The predicted molar refractivity (Wildman–Crippen MR) is 103 cm³/mol. The fraction of sp³-hybridized carbons (Fsp3) is 0.455. The van der Waals surface area contributed by atoms with Gasteiger partial charge in [0.15, 0.2) is 0 Å². The lowest BCUT2D eigenvalue weighted by Crippen LogP contribution is -2.26. The Morgan fingerprint density at radius 2 is 1.96 bits per heavy atom. The summed E-state index contributed by atoms with van der Waals surface area (Å²) in [5, 5.41) is 0. The molecule has 1 aliphatic rings. The Bertz CT molecular complexity index is 671. The van der Waals surface area contributed by atoms with Gasteiger partial charge in [-0.05, 0) is 75.0 Å². The van der Waals surface area contributed by atoms with Crippen LogP contribution in [0.4, 0.5) is 0 Å². The molecule has 0 unspecified atom stereocenters. The highest BCUT2D eigenvalue weighted by Gasteiger charge is 2.20. The second kappa shape index (κ2) is 8.91. The quantitative estimate of drug-likeness (QED) is 0.714. The number of likely N-dealkylation sites (tertiary alicyclic amines) is 1. The molecule has 0 N–H and O–H groups in total. The van der Waals surface area contributed by atoms with Crippen LogP contribution in [-0.4, -0.2) is 38.3 Å². The summed E-state index contributed by atoms with van der Waals surface area (Å²) in [6.45, 7) is 2.02. The molecule has 1 heterocycles. The van der Waals surface area contributed by atoms with E-state index in [-0.39, 0.29) is 0 Å². The molecule has 134 valence electrons. The van der Waals surface area contributed by atoms with Crippen LogP contribution >= 0.6 is 0 Å². The molecule has 1 aliphatic heterocycles. The van der Waals surface area contributed by atoms with Gasteiger partial charge in [0.05, 0.1) is 13.7 Å². The summed E-state index contributed by atoms with van der Waals surface area (Å²) in [7, 11) is 3.93. The number of hydrogen-bond donors (Lipinski definition) is 0. The molecular weight excluding hydrogens is 310 g/mol. The first-order valence-electron chi connectivity index (χ1n) is 9.30. The maximum absolute atomic E-state index is 6.13. The summed E-state index contributed by atoms with van der Waals surface area (Å²) in [5.41, 5.74) is 2.58. The van der Waals surface area contributed by atoms with Gasteiger partial charge in [0.25, 0.3) is 0 Å². The van der Waals surface area contributed by atoms with E-state index in [1.165, 1.54) is 30.5 Å². The van der Waals surface area contributed by atoms with E-state index in [0.29, 0.717) is 6.04 Å². The minimum absolute atomic E-state index is 0.684. The number of methoxy groups -OCH3 is 1. The third-order valence-electron chi connectivity index (χ3n) is 5.17. The standard InChI is InChI=1S/C22H29NO2/c1-23-15-6-9-20(23)14-16-25-22-11-4-3-8-19(22)13-12-18-7-5-10-21(17-18)24-2/h3-5,7-8,10-11,17,20H,6,9,12-16H2,1-2H3/t20-/m0/s1. The lowest BCUT2D eigenvalue weighted by Gasteiger charge is -2.20. The Labute approximate surface area is 151 Å². The molecule has 0 aromatic heterocycles. The summed E-state index contributed by atoms with van der Waals surface area (Å²) < 4.78 is 11.4. The van der Waals surface area contributed by atoms with Crippen LogP contribution in [0.15, 0.2) is 48.5 Å². The van der Waals surface area contributed by atoms with E-state index in [1.54, 1.807) is 7.11 Å². The first-order chi connectivity index (χ1) is 12.3. The van der Waals surface area contributed by atoms with Gasteiger partial charge in [-0.2, -0.15) is 0 Å². The number of para-hydroxylation sites is 1. The highest BCUT2D eigenvalue weighted by atomic mass is 16.5. The number of aryl methyl sites for hydroxylation is 2. The van der Waals surface area contributed by atoms with Crippen molar-refractivity contribution in [1.29, 1.82) is 0 Å². The van der Waals surface area contributed by atoms with Gasteiger partial charge >= 0.3 is 0 Å². The van der Waals surface area contributed by atoms with Crippen LogP contribution < -0.4 is 9.47 Å². The number of hydrogen-bond acceptors (Lipinski definition) is 3. The smallest absolute Gasteiger partial charge is 0.122 e. The summed E-state index contributed by atoms with van der Waals surface area (Å²) in [6.07, 6.45) is 5.70. The number of benzene rings is 2. The molecule has 2 aromatic rings. The van der Waals surface area contributed by atoms with Crippen molar-refractivity contribution in [1.82, 2.24) is 4.90 Å². The molecule has 0 amide bonds. The monoisotopic (exact) mass is 339 g/mol. The molecule has 1 saturated heterocycles. The third kappa shape index (κ3) is 4.99. The molecule has 0 bridgehead atoms. The highest BCUT2D eigenvalue weighted by molar-refractivity contribution is 5.35. The summed E-state index contributed by atoms with van der Waals surface area (Å²) >= 11 is 0. The molecule has 0 spiro atoms. The van der Waals surface area contributed by atoms with Crippen LogP contribution in [0.3, 0.4) is 0 Å². The third-order valence-corrected chi connectivity index (χ3v) is 5.17. The van der Waals surface area contributed by atoms with Gasteiger partial charge < -0.3 is 14.4 Å². The predicted octanol–water partition coefficient (Wildman–Crippen LogP) is 4.34. The van der Waals surface area contributed by atoms with Crippen molar-refractivity contribution in [3.8, 4) is 11.5 Å². The minimum atomic E-state index is 0.684. The highest BCUT2D eigenvalue weighted by Crippen LogP contribution is 2.23. The summed E-state index contributed by atoms with van der Waals surface area (Å²) in [5.74, 6) is 1.95. The Morgan fingerprint density at radius 1 is 1.08 bits per heavy atom. The van der Waals surface area contributed by atoms with Gasteiger partial charge in [-0.15, -0.1) is 0 Å². The van der Waals surface area contributed by atoms with Crippen molar-refractivity contribution >= 4 is 0 Å². The zero-order chi connectivity index (χ0) is 17.5. The van der Waals surface area contributed by atoms with Crippen LogP contribution in [0.25, 0.3) is 0 Å². The second-order valence-electron chi connectivity index (χ2n) is 6.87. The zero-order valence-corrected chi connectivity index (χ0v) is 15.4. The Morgan fingerprint density at radius 3 is 2.76 bits per heavy atom. The Hall–Kier alpha value is -2.00. The fourth-order valence-electron chi connectivity index (χ4n) is 3.61. The lowest BCUT2D eigenvalue weighted by molar-refractivity contribution is 0.232. The molecule has 3 rings (SSSR count). The van der Waals surface area contributed by atoms with Crippen LogP contribution in [0, 0.1) is 0 Å². The van der Waals surface area contributed by atoms with Gasteiger partial charge in [-0.3, -0.25) is 0 Å². The molecular formula is C22H29NO2. The summed E-state index contributed by atoms with van der Waals surface area (Å²) in [4.78, 5) is 2.46. The van der Waals surface area contributed by atoms with E-state index in [0.717, 1.165) is 37.4 Å². The van der Waals surface area contributed by atoms with E-state index in [4.69, 9.17) is 9.47 Å². The molecule has 0 aliphatic carbocycles. The zero-order valence-electron chi connectivity index (χ0n) is 15.4. The first kappa shape index (κ1) is 17.8. The van der Waals surface area contributed by atoms with Crippen molar-refractivity contribution in [2.24, 2.45) is 0 Å². The largest absolute Gasteiger partial charge is 0.497 e. The minimum Gasteiger partial charge on any atom is -0.497 e. The van der Waals surface area contributed by atoms with Gasteiger partial charge in [0, 0.05) is 6.04 Å². The molecule has 2 aromatic carbocycles. The van der Waals surface area contributed by atoms with E-state index >= 15 is 0 Å². The maximum Gasteiger partial charge on any atom is 0.122 e. The van der Waals surface area contributed by atoms with Crippen LogP contribution in [0.2, 0.25) is 0 Å². The number of rotatable bonds is 8. The van der Waals surface area contributed by atoms with E-state index in [9.17, 15) is 0 Å². The second-order valence-corrected chi connectivity index (χ2v) is 6.87. The van der Waals surface area contributed by atoms with Gasteiger partial charge in [-0.1, -0.05) is 30.3 Å². The van der Waals surface area contributed by atoms with E-state index < -0.39 is 0 Å². The average Bonchev–Trinajstić information content (AvgIpc) is 3.06. The number of ether oxygens (including phenoxy) is 2. The molecule has 25 heavy (non-hydrogen) atoms. The Kier molecular flexibility index (Phi) is 6.35. The SMILES string of the molecule is COc1cccc(CCc2ccccc2OCC[C@@H]2CCCN2C)c1. The molecule has 0 radical (unpaired) electrons. The fourth-order valence-corrected chi connectivity index (χ4v) is 3.61. The molecule has 1 atom stereocenters. The van der Waals surface area contributed by atoms with Crippen molar-refractivity contribution in [2.75, 3.05) is 27.3 Å². The van der Waals surface area contributed by atoms with Crippen LogP contribution in [0.1, 0.15) is 30.4 Å². The van der Waals surface area contributed by atoms with Gasteiger partial charge in [-0.25, -0.2) is 0 Å². The topological polar surface area (TPSA) is 21.7 Å². The molecule has 1 fully saturated rings. The number of nitrogens with zero attached hydrogens (tertiary/aromatic N) is 1. The maximum atomic E-state index is 6.13. The van der Waals surface area contributed by atoms with Crippen molar-refractivity contribution in [3.05, 3.63) is 59.7 Å². The van der Waals surface area contributed by atoms with E-state index in [2.05, 4.69) is 54.4 Å². The summed E-state index contributed by atoms with van der Waals surface area (Å²) in [6, 6.07) is 17.4. The van der Waals surface area contributed by atoms with Crippen molar-refractivity contribution in [3.63, 3.8) is 0 Å². The molecule has 3 nitrogen and oxygen atoms in total. The van der Waals surface area contributed by atoms with Crippen LogP contribution in [0.5, 0.6) is 11.5 Å². The van der Waals surface area contributed by atoms with Crippen molar-refractivity contribution in [2.45, 2.75) is 38.1 Å². The Balaban J connectivity index is 1.54. The van der Waals surface area contributed by atoms with Crippen LogP contribution in [-0.2, 0) is 12.8 Å². The average molecular weight is 339 g/mol. The van der Waals surface area contributed by atoms with Crippen molar-refractivity contribution < 1.29 is 9.47 Å².